The Bertz CT molecular complexity index is 934. The topological polar surface area (TPSA) is 189 Å². The molecule has 0 spiro atoms. The second-order valence-corrected chi connectivity index (χ2v) is 15.4. The molecular formula is C43H81NO10. The van der Waals surface area contributed by atoms with Crippen molar-refractivity contribution in [1.29, 1.82) is 0 Å². The Balaban J connectivity index is 2.33. The molecule has 1 saturated heterocycles. The SMILES string of the molecule is CCCCCCCCCCC/C=C\C/C=C\CCCCCCCCC(O)C(=O)NC(COC1OC(CO)C(O)C(O)C1O)C(O)C(O)CCCCCCC. The van der Waals surface area contributed by atoms with Crippen LogP contribution in [0, 0.1) is 0 Å². The van der Waals surface area contributed by atoms with Crippen molar-refractivity contribution >= 4 is 5.91 Å². The summed E-state index contributed by atoms with van der Waals surface area (Å²) in [4.78, 5) is 13.0. The van der Waals surface area contributed by atoms with Gasteiger partial charge in [0.25, 0.3) is 0 Å². The average Bonchev–Trinajstić information content (AvgIpc) is 3.17. The number of carbonyl (C=O) groups is 1. The number of hydrogen-bond acceptors (Lipinski definition) is 10. The molecule has 9 unspecified atom stereocenters. The van der Waals surface area contributed by atoms with Gasteiger partial charge in [0, 0.05) is 0 Å². The lowest BCUT2D eigenvalue weighted by molar-refractivity contribution is -0.303. The van der Waals surface area contributed by atoms with Crippen molar-refractivity contribution in [1.82, 2.24) is 5.32 Å². The third-order valence-electron chi connectivity index (χ3n) is 10.5. The average molecular weight is 772 g/mol. The molecular weight excluding hydrogens is 690 g/mol. The summed E-state index contributed by atoms with van der Waals surface area (Å²) in [6, 6.07) is -1.17. The van der Waals surface area contributed by atoms with Crippen LogP contribution >= 0.6 is 0 Å². The molecule has 1 fully saturated rings. The van der Waals surface area contributed by atoms with Crippen LogP contribution in [0.5, 0.6) is 0 Å². The van der Waals surface area contributed by atoms with E-state index in [1.807, 2.05) is 0 Å². The fraction of sp³-hybridized carbons (Fsp3) is 0.884. The molecule has 0 aromatic heterocycles. The molecule has 11 heteroatoms. The van der Waals surface area contributed by atoms with E-state index in [0.717, 1.165) is 70.6 Å². The van der Waals surface area contributed by atoms with Gasteiger partial charge in [-0.2, -0.15) is 0 Å². The molecule has 8 N–H and O–H groups in total. The Morgan fingerprint density at radius 1 is 0.648 bits per heavy atom. The van der Waals surface area contributed by atoms with Crippen molar-refractivity contribution in [3.05, 3.63) is 24.3 Å². The molecule has 1 rings (SSSR count). The first-order valence-electron chi connectivity index (χ1n) is 21.7. The van der Waals surface area contributed by atoms with Gasteiger partial charge < -0.3 is 50.5 Å². The maximum absolute atomic E-state index is 13.0. The van der Waals surface area contributed by atoms with E-state index in [9.17, 15) is 40.5 Å². The quantitative estimate of drug-likeness (QED) is 0.0269. The summed E-state index contributed by atoms with van der Waals surface area (Å²) in [5.74, 6) is -0.711. The summed E-state index contributed by atoms with van der Waals surface area (Å²) in [6.07, 6.45) is 24.4. The van der Waals surface area contributed by atoms with Crippen molar-refractivity contribution in [2.24, 2.45) is 0 Å². The Kier molecular flexibility index (Phi) is 31.6. The molecule has 54 heavy (non-hydrogen) atoms. The predicted molar refractivity (Wildman–Crippen MR) is 215 cm³/mol. The molecule has 0 aliphatic carbocycles. The van der Waals surface area contributed by atoms with E-state index in [0.29, 0.717) is 19.3 Å². The van der Waals surface area contributed by atoms with E-state index in [2.05, 4.69) is 43.5 Å². The number of aliphatic hydroxyl groups excluding tert-OH is 7. The van der Waals surface area contributed by atoms with Gasteiger partial charge >= 0.3 is 0 Å². The highest BCUT2D eigenvalue weighted by Gasteiger charge is 2.44. The van der Waals surface area contributed by atoms with Gasteiger partial charge in [0.1, 0.15) is 36.6 Å². The number of hydrogen-bond donors (Lipinski definition) is 8. The van der Waals surface area contributed by atoms with Gasteiger partial charge in [-0.05, 0) is 44.9 Å². The second kappa shape index (κ2) is 33.7. The molecule has 9 atom stereocenters. The number of carbonyl (C=O) groups excluding carboxylic acids is 1. The molecule has 1 heterocycles. The summed E-state index contributed by atoms with van der Waals surface area (Å²) >= 11 is 0. The fourth-order valence-electron chi connectivity index (χ4n) is 6.82. The van der Waals surface area contributed by atoms with Gasteiger partial charge in [-0.25, -0.2) is 0 Å². The number of allylic oxidation sites excluding steroid dienone is 4. The van der Waals surface area contributed by atoms with Crippen LogP contribution in [0.1, 0.15) is 174 Å². The van der Waals surface area contributed by atoms with Gasteiger partial charge in [-0.1, -0.05) is 154 Å². The van der Waals surface area contributed by atoms with Crippen LogP contribution in [0.3, 0.4) is 0 Å². The standard InChI is InChI=1S/C43H81NO10/c1-3-5-7-9-10-11-12-13-14-15-16-17-18-19-20-21-22-23-24-25-27-29-31-36(47)42(52)44-34(38(48)35(46)30-28-26-8-6-4-2)33-53-43-41(51)40(50)39(49)37(32-45)54-43/h16-17,19-20,34-41,43,45-51H,3-15,18,21-33H2,1-2H3,(H,44,52)/b17-16-,20-19-. The van der Waals surface area contributed by atoms with Crippen LogP contribution in [-0.4, -0.2) is 110 Å². The summed E-state index contributed by atoms with van der Waals surface area (Å²) in [6.45, 7) is 3.31. The summed E-state index contributed by atoms with van der Waals surface area (Å²) in [7, 11) is 0. The normalized spacial score (nSPS) is 22.9. The highest BCUT2D eigenvalue weighted by atomic mass is 16.7. The number of unbranched alkanes of at least 4 members (excludes halogenated alkanes) is 19. The molecule has 0 bridgehead atoms. The number of rotatable bonds is 35. The molecule has 1 aliphatic rings. The molecule has 0 radical (unpaired) electrons. The van der Waals surface area contributed by atoms with Crippen molar-refractivity contribution in [3.8, 4) is 0 Å². The van der Waals surface area contributed by atoms with Crippen molar-refractivity contribution in [2.45, 2.75) is 229 Å². The number of aliphatic hydroxyl groups is 7. The van der Waals surface area contributed by atoms with Crippen LogP contribution in [0.15, 0.2) is 24.3 Å². The van der Waals surface area contributed by atoms with Crippen molar-refractivity contribution in [3.63, 3.8) is 0 Å². The molecule has 1 aliphatic heterocycles. The molecule has 11 nitrogen and oxygen atoms in total. The number of amides is 1. The molecule has 318 valence electrons. The molecule has 0 saturated carbocycles. The zero-order chi connectivity index (χ0) is 39.8. The van der Waals surface area contributed by atoms with Crippen LogP contribution in [0.2, 0.25) is 0 Å². The van der Waals surface area contributed by atoms with Crippen molar-refractivity contribution < 1.29 is 50.0 Å². The minimum Gasteiger partial charge on any atom is -0.394 e. The van der Waals surface area contributed by atoms with E-state index in [1.165, 1.54) is 64.2 Å². The maximum Gasteiger partial charge on any atom is 0.249 e. The third-order valence-corrected chi connectivity index (χ3v) is 10.5. The first-order valence-corrected chi connectivity index (χ1v) is 21.7. The van der Waals surface area contributed by atoms with Crippen LogP contribution in [-0.2, 0) is 14.3 Å². The molecule has 0 aromatic rings. The minimum absolute atomic E-state index is 0.248. The van der Waals surface area contributed by atoms with Gasteiger partial charge in [0.15, 0.2) is 6.29 Å². The molecule has 0 aromatic carbocycles. The lowest BCUT2D eigenvalue weighted by Crippen LogP contribution is -2.60. The first kappa shape index (κ1) is 50.6. The Morgan fingerprint density at radius 3 is 1.65 bits per heavy atom. The smallest absolute Gasteiger partial charge is 0.249 e. The largest absolute Gasteiger partial charge is 0.394 e. The van der Waals surface area contributed by atoms with Crippen LogP contribution in [0.4, 0.5) is 0 Å². The van der Waals surface area contributed by atoms with Gasteiger partial charge in [-0.3, -0.25) is 4.79 Å². The zero-order valence-electron chi connectivity index (χ0n) is 34.0. The van der Waals surface area contributed by atoms with E-state index < -0.39 is 74.2 Å². The third kappa shape index (κ3) is 23.6. The highest BCUT2D eigenvalue weighted by Crippen LogP contribution is 2.23. The Labute approximate surface area is 327 Å². The van der Waals surface area contributed by atoms with Gasteiger partial charge in [0.2, 0.25) is 5.91 Å². The zero-order valence-corrected chi connectivity index (χ0v) is 34.0. The van der Waals surface area contributed by atoms with Gasteiger partial charge in [-0.15, -0.1) is 0 Å². The summed E-state index contributed by atoms with van der Waals surface area (Å²) < 4.78 is 11.0. The van der Waals surface area contributed by atoms with Crippen LogP contribution < -0.4 is 5.32 Å². The second-order valence-electron chi connectivity index (χ2n) is 15.4. The lowest BCUT2D eigenvalue weighted by atomic mass is 9.98. The van der Waals surface area contributed by atoms with E-state index >= 15 is 0 Å². The predicted octanol–water partition coefficient (Wildman–Crippen LogP) is 6.28. The number of ether oxygens (including phenoxy) is 2. The van der Waals surface area contributed by atoms with Crippen molar-refractivity contribution in [2.75, 3.05) is 13.2 Å². The Morgan fingerprint density at radius 2 is 1.13 bits per heavy atom. The van der Waals surface area contributed by atoms with E-state index in [-0.39, 0.29) is 6.42 Å². The van der Waals surface area contributed by atoms with Gasteiger partial charge in [0.05, 0.1) is 25.4 Å². The monoisotopic (exact) mass is 772 g/mol. The van der Waals surface area contributed by atoms with E-state index in [4.69, 9.17) is 9.47 Å². The fourth-order valence-corrected chi connectivity index (χ4v) is 6.82. The van der Waals surface area contributed by atoms with Crippen LogP contribution in [0.25, 0.3) is 0 Å². The maximum atomic E-state index is 13.0. The number of nitrogens with one attached hydrogen (secondary N) is 1. The lowest BCUT2D eigenvalue weighted by Gasteiger charge is -2.40. The molecule has 1 amide bonds. The summed E-state index contributed by atoms with van der Waals surface area (Å²) in [5, 5.41) is 74.9. The minimum atomic E-state index is -1.66. The first-order chi connectivity index (χ1) is 26.2. The highest BCUT2D eigenvalue weighted by molar-refractivity contribution is 5.80. The summed E-state index contributed by atoms with van der Waals surface area (Å²) in [5.41, 5.74) is 0. The Hall–Kier alpha value is -1.41. The van der Waals surface area contributed by atoms with E-state index in [1.54, 1.807) is 0 Å².